The number of ether oxygens (including phenoxy) is 5. The van der Waals surface area contributed by atoms with E-state index in [1.54, 1.807) is 0 Å². The van der Waals surface area contributed by atoms with Gasteiger partial charge in [-0.15, -0.1) is 0 Å². The summed E-state index contributed by atoms with van der Waals surface area (Å²) in [5.41, 5.74) is 0. The summed E-state index contributed by atoms with van der Waals surface area (Å²) >= 11 is 0. The Balaban J connectivity index is 1.87. The molecule has 0 bridgehead atoms. The number of carbonyl (C=O) groups excluding carboxylic acids is 2. The minimum Gasteiger partial charge on any atom is -0.477 e. The molecule has 46 heavy (non-hydrogen) atoms. The second-order valence-corrected chi connectivity index (χ2v) is 11.3. The van der Waals surface area contributed by atoms with Gasteiger partial charge in [0.25, 0.3) is 5.79 Å². The third-order valence-electron chi connectivity index (χ3n) is 7.87. The van der Waals surface area contributed by atoms with Gasteiger partial charge in [-0.25, -0.2) is 4.79 Å². The molecule has 0 spiro atoms. The monoisotopic (exact) mass is 674 g/mol. The van der Waals surface area contributed by atoms with Crippen molar-refractivity contribution in [1.82, 2.24) is 10.6 Å². The van der Waals surface area contributed by atoms with Crippen LogP contribution in [0.2, 0.25) is 0 Å². The number of carboxylic acids is 1. The highest BCUT2D eigenvalue weighted by Crippen LogP contribution is 2.35. The third kappa shape index (κ3) is 8.26. The van der Waals surface area contributed by atoms with Gasteiger partial charge in [0.2, 0.25) is 11.8 Å². The topological polar surface area (TPSA) is 344 Å². The van der Waals surface area contributed by atoms with Crippen molar-refractivity contribution < 1.29 is 94.2 Å². The van der Waals surface area contributed by atoms with Crippen LogP contribution >= 0.6 is 0 Å². The number of aliphatic hydroxyl groups is 10. The molecule has 2 amide bonds. The smallest absolute Gasteiger partial charge is 0.364 e. The van der Waals surface area contributed by atoms with Crippen LogP contribution in [0.1, 0.15) is 20.3 Å². The van der Waals surface area contributed by atoms with E-state index in [-0.39, 0.29) is 0 Å². The first-order valence-electron chi connectivity index (χ1n) is 14.2. The van der Waals surface area contributed by atoms with Crippen LogP contribution in [0.15, 0.2) is 0 Å². The number of aliphatic carboxylic acids is 1. The molecule has 0 aromatic heterocycles. The van der Waals surface area contributed by atoms with E-state index < -0.39 is 142 Å². The van der Waals surface area contributed by atoms with Crippen LogP contribution in [0, 0.1) is 0 Å². The highest BCUT2D eigenvalue weighted by molar-refractivity contribution is 5.76. The molecule has 13 N–H and O–H groups in total. The fourth-order valence-electron chi connectivity index (χ4n) is 5.45. The molecule has 16 atom stereocenters. The molecule has 0 saturated carbocycles. The summed E-state index contributed by atoms with van der Waals surface area (Å²) in [6.07, 6.45) is -24.8. The van der Waals surface area contributed by atoms with Crippen LogP contribution in [-0.2, 0) is 38.1 Å². The number of hydrogen-bond donors (Lipinski definition) is 13. The molecule has 3 saturated heterocycles. The van der Waals surface area contributed by atoms with Gasteiger partial charge in [0.1, 0.15) is 67.1 Å². The first kappa shape index (κ1) is 38.3. The maximum absolute atomic E-state index is 12.5. The Hall–Kier alpha value is -2.19. The Labute approximate surface area is 260 Å². The van der Waals surface area contributed by atoms with E-state index in [9.17, 15) is 70.6 Å². The van der Waals surface area contributed by atoms with E-state index in [4.69, 9.17) is 23.7 Å². The number of rotatable bonds is 12. The zero-order valence-electron chi connectivity index (χ0n) is 24.7. The molecule has 0 radical (unpaired) electrons. The van der Waals surface area contributed by atoms with E-state index in [1.165, 1.54) is 0 Å². The highest BCUT2D eigenvalue weighted by Gasteiger charge is 2.57. The number of hydrogen-bond acceptors (Lipinski definition) is 18. The molecule has 5 unspecified atom stereocenters. The summed E-state index contributed by atoms with van der Waals surface area (Å²) in [5, 5.41) is 117. The van der Waals surface area contributed by atoms with Gasteiger partial charge >= 0.3 is 5.97 Å². The summed E-state index contributed by atoms with van der Waals surface area (Å²) in [5.74, 6) is -6.18. The molecule has 3 aliphatic heterocycles. The molecule has 3 fully saturated rings. The lowest BCUT2D eigenvalue weighted by atomic mass is 9.88. The average Bonchev–Trinajstić information content (AvgIpc) is 2.99. The zero-order valence-corrected chi connectivity index (χ0v) is 24.7. The maximum Gasteiger partial charge on any atom is 0.364 e. The first-order chi connectivity index (χ1) is 21.5. The molecule has 0 aromatic carbocycles. The summed E-state index contributed by atoms with van der Waals surface area (Å²) in [7, 11) is 0. The number of carboxylic acid groups (broad SMARTS) is 1. The fraction of sp³-hybridized carbons (Fsp3) is 0.880. The molecule has 0 aromatic rings. The van der Waals surface area contributed by atoms with Crippen molar-refractivity contribution in [1.29, 1.82) is 0 Å². The second-order valence-electron chi connectivity index (χ2n) is 11.3. The van der Waals surface area contributed by atoms with Crippen molar-refractivity contribution in [2.24, 2.45) is 0 Å². The average molecular weight is 675 g/mol. The predicted molar refractivity (Wildman–Crippen MR) is 142 cm³/mol. The Bertz CT molecular complexity index is 1050. The molecule has 3 aliphatic rings. The van der Waals surface area contributed by atoms with Crippen molar-refractivity contribution in [2.45, 2.75) is 118 Å². The van der Waals surface area contributed by atoms with Gasteiger partial charge in [0.05, 0.1) is 32.0 Å². The summed E-state index contributed by atoms with van der Waals surface area (Å²) in [4.78, 5) is 36.0. The molecule has 3 heterocycles. The Morgan fingerprint density at radius 2 is 1.48 bits per heavy atom. The van der Waals surface area contributed by atoms with Crippen molar-refractivity contribution in [3.8, 4) is 0 Å². The van der Waals surface area contributed by atoms with Crippen LogP contribution in [0.4, 0.5) is 0 Å². The number of nitrogens with one attached hydrogen (secondary N) is 2. The fourth-order valence-corrected chi connectivity index (χ4v) is 5.45. The lowest BCUT2D eigenvalue weighted by Crippen LogP contribution is -2.69. The highest BCUT2D eigenvalue weighted by atomic mass is 16.7. The lowest BCUT2D eigenvalue weighted by molar-refractivity contribution is -0.351. The van der Waals surface area contributed by atoms with Gasteiger partial charge < -0.3 is 90.5 Å². The summed E-state index contributed by atoms with van der Waals surface area (Å²) < 4.78 is 27.2. The van der Waals surface area contributed by atoms with Crippen LogP contribution < -0.4 is 10.6 Å². The van der Waals surface area contributed by atoms with Gasteiger partial charge in [-0.1, -0.05) is 0 Å². The van der Waals surface area contributed by atoms with Gasteiger partial charge in [-0.05, 0) is 0 Å². The van der Waals surface area contributed by atoms with Crippen molar-refractivity contribution in [3.63, 3.8) is 0 Å². The summed E-state index contributed by atoms with van der Waals surface area (Å²) in [6, 6.07) is -3.06. The van der Waals surface area contributed by atoms with Gasteiger partial charge in [0, 0.05) is 20.3 Å². The number of amides is 2. The van der Waals surface area contributed by atoms with Gasteiger partial charge in [-0.2, -0.15) is 0 Å². The van der Waals surface area contributed by atoms with Crippen molar-refractivity contribution in [2.75, 3.05) is 19.8 Å². The SMILES string of the molecule is CC(=O)N[C@@H]1C(O[C@H]2OC(CO)[C@@H](O)C(O)[C@H]2O)[C@H](O)C(CO[C@@]2(C(=O)O)C[C@H](O)[C@H](NC(C)=O)C([C@@H](O)[C@@H](O)CO)O2)O[C@H]1O. The molecular weight excluding hydrogens is 632 g/mol. The second kappa shape index (κ2) is 15.8. The van der Waals surface area contributed by atoms with Crippen LogP contribution in [0.5, 0.6) is 0 Å². The standard InChI is InChI=1S/C25H42N2O19/c1-7(30)26-13-9(32)3-25(24(40)41,46-21(13)15(34)10(33)4-28)42-6-12-17(36)20(14(22(39)43-12)27-8(2)31)45-23-19(38)18(37)16(35)11(5-29)44-23/h9-23,28-29,32-39H,3-6H2,1-2H3,(H,26,30)(H,27,31)(H,40,41)/t9-,10-,11?,12?,13-,14+,15-,16+,17+,18?,19+,20?,21?,22+,23+,25-/m0/s1. The normalized spacial score (nSPS) is 42.9. The first-order valence-corrected chi connectivity index (χ1v) is 14.2. The minimum absolute atomic E-state index is 0.723. The Morgan fingerprint density at radius 1 is 0.870 bits per heavy atom. The van der Waals surface area contributed by atoms with Crippen LogP contribution in [0.25, 0.3) is 0 Å². The molecule has 266 valence electrons. The van der Waals surface area contributed by atoms with E-state index >= 15 is 0 Å². The predicted octanol–water partition coefficient (Wildman–Crippen LogP) is -8.08. The number of aliphatic hydroxyl groups excluding tert-OH is 10. The molecule has 21 nitrogen and oxygen atoms in total. The van der Waals surface area contributed by atoms with E-state index in [0.717, 1.165) is 13.8 Å². The van der Waals surface area contributed by atoms with Crippen LogP contribution in [-0.4, -0.2) is 191 Å². The number of carbonyl (C=O) groups is 3. The van der Waals surface area contributed by atoms with E-state index in [2.05, 4.69) is 10.6 Å². The Kier molecular flexibility index (Phi) is 13.1. The zero-order chi connectivity index (χ0) is 34.7. The molecule has 21 heteroatoms. The Morgan fingerprint density at radius 3 is 2.02 bits per heavy atom. The van der Waals surface area contributed by atoms with Crippen molar-refractivity contribution >= 4 is 17.8 Å². The minimum atomic E-state index is -2.84. The van der Waals surface area contributed by atoms with Crippen molar-refractivity contribution in [3.05, 3.63) is 0 Å². The van der Waals surface area contributed by atoms with E-state index in [1.807, 2.05) is 0 Å². The van der Waals surface area contributed by atoms with E-state index in [0.29, 0.717) is 0 Å². The van der Waals surface area contributed by atoms with Crippen LogP contribution in [0.3, 0.4) is 0 Å². The summed E-state index contributed by atoms with van der Waals surface area (Å²) in [6.45, 7) is -0.705. The quantitative estimate of drug-likeness (QED) is 0.0913. The lowest BCUT2D eigenvalue weighted by Gasteiger charge is -2.48. The van der Waals surface area contributed by atoms with Gasteiger partial charge in [0.15, 0.2) is 12.6 Å². The van der Waals surface area contributed by atoms with Gasteiger partial charge in [-0.3, -0.25) is 9.59 Å². The largest absolute Gasteiger partial charge is 0.477 e. The third-order valence-corrected chi connectivity index (χ3v) is 7.87. The molecular formula is C25H42N2O19. The molecule has 3 rings (SSSR count). The maximum atomic E-state index is 12.5. The molecule has 0 aliphatic carbocycles.